The van der Waals surface area contributed by atoms with E-state index >= 15 is 0 Å². The zero-order valence-electron chi connectivity index (χ0n) is 10.8. The quantitative estimate of drug-likeness (QED) is 0.836. The van der Waals surface area contributed by atoms with Gasteiger partial charge in [-0.2, -0.15) is 0 Å². The molecule has 0 spiro atoms. The second-order valence-corrected chi connectivity index (χ2v) is 6.10. The lowest BCUT2D eigenvalue weighted by Crippen LogP contribution is -2.33. The van der Waals surface area contributed by atoms with E-state index in [4.69, 9.17) is 5.73 Å². The third-order valence-corrected chi connectivity index (χ3v) is 3.33. The normalized spacial score (nSPS) is 12.6. The van der Waals surface area contributed by atoms with E-state index < -0.39 is 6.04 Å². The van der Waals surface area contributed by atoms with Crippen molar-refractivity contribution < 1.29 is 4.79 Å². The van der Waals surface area contributed by atoms with E-state index in [1.54, 1.807) is 25.9 Å². The van der Waals surface area contributed by atoms with Crippen LogP contribution in [0.4, 0.5) is 0 Å². The van der Waals surface area contributed by atoms with Crippen molar-refractivity contribution in [2.75, 3.05) is 14.1 Å². The van der Waals surface area contributed by atoms with Crippen molar-refractivity contribution in [2.24, 2.45) is 5.73 Å². The monoisotopic (exact) mass is 252 g/mol. The van der Waals surface area contributed by atoms with Crippen molar-refractivity contribution in [3.8, 4) is 0 Å². The summed E-state index contributed by atoms with van der Waals surface area (Å²) in [5.74, 6) is -0.0748. The highest BCUT2D eigenvalue weighted by Crippen LogP contribution is 2.24. The summed E-state index contributed by atoms with van der Waals surface area (Å²) >= 11 is 1.80. The lowest BCUT2D eigenvalue weighted by molar-refractivity contribution is -0.130. The van der Waals surface area contributed by atoms with E-state index in [0.717, 1.165) is 5.56 Å². The van der Waals surface area contributed by atoms with Crippen molar-refractivity contribution in [3.05, 3.63) is 29.8 Å². The average Bonchev–Trinajstić information content (AvgIpc) is 2.27. The first kappa shape index (κ1) is 14.1. The van der Waals surface area contributed by atoms with Gasteiger partial charge in [0.25, 0.3) is 0 Å². The van der Waals surface area contributed by atoms with Crippen LogP contribution in [0.1, 0.15) is 25.5 Å². The SMILES string of the molecule is CC(C)Sc1ccc(C(N)C(=O)N(C)C)cc1. The maximum absolute atomic E-state index is 11.7. The van der Waals surface area contributed by atoms with Gasteiger partial charge in [0.1, 0.15) is 6.04 Å². The summed E-state index contributed by atoms with van der Waals surface area (Å²) < 4.78 is 0. The van der Waals surface area contributed by atoms with Crippen molar-refractivity contribution >= 4 is 17.7 Å². The van der Waals surface area contributed by atoms with Crippen LogP contribution in [0, 0.1) is 0 Å². The molecule has 17 heavy (non-hydrogen) atoms. The molecule has 0 saturated heterocycles. The lowest BCUT2D eigenvalue weighted by atomic mass is 10.1. The summed E-state index contributed by atoms with van der Waals surface area (Å²) in [5.41, 5.74) is 6.75. The lowest BCUT2D eigenvalue weighted by Gasteiger charge is -2.17. The topological polar surface area (TPSA) is 46.3 Å². The van der Waals surface area contributed by atoms with Gasteiger partial charge in [-0.1, -0.05) is 26.0 Å². The van der Waals surface area contributed by atoms with Crippen molar-refractivity contribution in [1.82, 2.24) is 4.90 Å². The maximum Gasteiger partial charge on any atom is 0.243 e. The van der Waals surface area contributed by atoms with Crippen molar-refractivity contribution in [1.29, 1.82) is 0 Å². The molecular weight excluding hydrogens is 232 g/mol. The molecule has 1 atom stereocenters. The largest absolute Gasteiger partial charge is 0.347 e. The minimum atomic E-state index is -0.567. The molecule has 1 aromatic carbocycles. The van der Waals surface area contributed by atoms with Crippen LogP contribution in [0.3, 0.4) is 0 Å². The Morgan fingerprint density at radius 2 is 1.76 bits per heavy atom. The second kappa shape index (κ2) is 6.07. The van der Waals surface area contributed by atoms with Crippen LogP contribution in [0.15, 0.2) is 29.2 Å². The van der Waals surface area contributed by atoms with E-state index in [9.17, 15) is 4.79 Å². The number of nitrogens with zero attached hydrogens (tertiary/aromatic N) is 1. The highest BCUT2D eigenvalue weighted by molar-refractivity contribution is 7.99. The summed E-state index contributed by atoms with van der Waals surface area (Å²) in [6, 6.07) is 7.32. The van der Waals surface area contributed by atoms with Crippen LogP contribution in [-0.2, 0) is 4.79 Å². The average molecular weight is 252 g/mol. The van der Waals surface area contributed by atoms with Gasteiger partial charge in [0.05, 0.1) is 0 Å². The Morgan fingerprint density at radius 1 is 1.24 bits per heavy atom. The number of thioether (sulfide) groups is 1. The summed E-state index contributed by atoms with van der Waals surface area (Å²) in [5, 5.41) is 0.554. The third-order valence-electron chi connectivity index (χ3n) is 2.32. The fraction of sp³-hybridized carbons (Fsp3) is 0.462. The Labute approximate surface area is 107 Å². The first-order valence-electron chi connectivity index (χ1n) is 5.65. The molecule has 0 bridgehead atoms. The number of amides is 1. The minimum absolute atomic E-state index is 0.0748. The predicted octanol–water partition coefficient (Wildman–Crippen LogP) is 2.28. The molecule has 0 saturated carbocycles. The van der Waals surface area contributed by atoms with Crippen LogP contribution in [0.2, 0.25) is 0 Å². The van der Waals surface area contributed by atoms with Crippen LogP contribution in [0.5, 0.6) is 0 Å². The van der Waals surface area contributed by atoms with Gasteiger partial charge in [-0.25, -0.2) is 0 Å². The molecule has 0 aliphatic heterocycles. The van der Waals surface area contributed by atoms with Crippen LogP contribution < -0.4 is 5.73 Å². The molecule has 1 rings (SSSR count). The maximum atomic E-state index is 11.7. The standard InChI is InChI=1S/C13H20N2OS/c1-9(2)17-11-7-5-10(6-8-11)12(14)13(16)15(3)4/h5-9,12H,14H2,1-4H3. The number of rotatable bonds is 4. The van der Waals surface area contributed by atoms with Crippen LogP contribution in [-0.4, -0.2) is 30.2 Å². The summed E-state index contributed by atoms with van der Waals surface area (Å²) in [4.78, 5) is 14.4. The van der Waals surface area contributed by atoms with Gasteiger partial charge in [-0.15, -0.1) is 11.8 Å². The Balaban J connectivity index is 2.77. The highest BCUT2D eigenvalue weighted by atomic mass is 32.2. The smallest absolute Gasteiger partial charge is 0.243 e. The van der Waals surface area contributed by atoms with E-state index in [1.165, 1.54) is 9.80 Å². The van der Waals surface area contributed by atoms with E-state index in [1.807, 2.05) is 24.3 Å². The molecule has 2 N–H and O–H groups in total. The van der Waals surface area contributed by atoms with E-state index in [0.29, 0.717) is 5.25 Å². The number of carbonyl (C=O) groups excluding carboxylic acids is 1. The first-order chi connectivity index (χ1) is 7.91. The molecule has 0 fully saturated rings. The zero-order chi connectivity index (χ0) is 13.0. The number of hydrogen-bond donors (Lipinski definition) is 1. The van der Waals surface area contributed by atoms with E-state index in [-0.39, 0.29) is 5.91 Å². The van der Waals surface area contributed by atoms with Crippen LogP contribution in [0.25, 0.3) is 0 Å². The molecule has 0 heterocycles. The number of carbonyl (C=O) groups is 1. The summed E-state index contributed by atoms with van der Waals surface area (Å²) in [7, 11) is 3.43. The van der Waals surface area contributed by atoms with Gasteiger partial charge in [0.15, 0.2) is 0 Å². The molecule has 0 radical (unpaired) electrons. The minimum Gasteiger partial charge on any atom is -0.347 e. The molecule has 0 aliphatic rings. The van der Waals surface area contributed by atoms with Gasteiger partial charge >= 0.3 is 0 Å². The number of likely N-dealkylation sites (N-methyl/N-ethyl adjacent to an activating group) is 1. The molecule has 3 nitrogen and oxygen atoms in total. The summed E-state index contributed by atoms with van der Waals surface area (Å²) in [6.45, 7) is 4.31. The third kappa shape index (κ3) is 4.06. The van der Waals surface area contributed by atoms with Gasteiger partial charge < -0.3 is 10.6 Å². The van der Waals surface area contributed by atoms with Crippen LogP contribution >= 0.6 is 11.8 Å². The Kier molecular flexibility index (Phi) is 5.02. The predicted molar refractivity (Wildman–Crippen MR) is 73.1 cm³/mol. The molecule has 1 aromatic rings. The second-order valence-electron chi connectivity index (χ2n) is 4.45. The Bertz CT molecular complexity index is 374. The van der Waals surface area contributed by atoms with Gasteiger partial charge in [-0.05, 0) is 17.7 Å². The number of nitrogens with two attached hydrogens (primary N) is 1. The zero-order valence-corrected chi connectivity index (χ0v) is 11.6. The number of hydrogen-bond acceptors (Lipinski definition) is 3. The summed E-state index contributed by atoms with van der Waals surface area (Å²) in [6.07, 6.45) is 0. The molecule has 94 valence electrons. The Morgan fingerprint density at radius 3 is 2.18 bits per heavy atom. The van der Waals surface area contributed by atoms with Crippen molar-refractivity contribution in [2.45, 2.75) is 30.0 Å². The first-order valence-corrected chi connectivity index (χ1v) is 6.53. The van der Waals surface area contributed by atoms with Gasteiger partial charge in [0, 0.05) is 24.2 Å². The molecule has 4 heteroatoms. The molecule has 1 unspecified atom stereocenters. The number of benzene rings is 1. The molecule has 1 amide bonds. The van der Waals surface area contributed by atoms with Gasteiger partial charge in [-0.3, -0.25) is 4.79 Å². The molecular formula is C13H20N2OS. The van der Waals surface area contributed by atoms with E-state index in [2.05, 4.69) is 13.8 Å². The fourth-order valence-electron chi connectivity index (χ4n) is 1.45. The van der Waals surface area contributed by atoms with Crippen molar-refractivity contribution in [3.63, 3.8) is 0 Å². The highest BCUT2D eigenvalue weighted by Gasteiger charge is 2.17. The van der Waals surface area contributed by atoms with Gasteiger partial charge in [0.2, 0.25) is 5.91 Å². The fourth-order valence-corrected chi connectivity index (χ4v) is 2.28. The Hall–Kier alpha value is -1.00. The molecule has 0 aromatic heterocycles. The molecule has 0 aliphatic carbocycles.